The van der Waals surface area contributed by atoms with Gasteiger partial charge >= 0.3 is 5.97 Å². The Morgan fingerprint density at radius 1 is 1.39 bits per heavy atom. The lowest BCUT2D eigenvalue weighted by atomic mass is 9.94. The summed E-state index contributed by atoms with van der Waals surface area (Å²) < 4.78 is 24.9. The van der Waals surface area contributed by atoms with Crippen LogP contribution >= 0.6 is 11.6 Å². The van der Waals surface area contributed by atoms with Crippen molar-refractivity contribution in [2.75, 3.05) is 13.2 Å². The number of carbonyl (C=O) groups is 1. The number of rotatable bonds is 2. The third-order valence-corrected chi connectivity index (χ3v) is 3.64. The topological polar surface area (TPSA) is 55.8 Å². The van der Waals surface area contributed by atoms with E-state index in [0.29, 0.717) is 25.2 Å². The van der Waals surface area contributed by atoms with Gasteiger partial charge in [-0.15, -0.1) is 0 Å². The molecule has 6 heteroatoms. The molecule has 0 unspecified atom stereocenters. The van der Waals surface area contributed by atoms with Crippen LogP contribution < -0.4 is 9.47 Å². The number of ether oxygens (including phenoxy) is 2. The normalized spacial score (nSPS) is 19.4. The standard InChI is InChI=1S/C12H10ClFO4/c13-6-5-7-10(18-4-3-17-7)8(9(6)14)12(1-2-12)11(15)16/h5H,1-4H2,(H,15,16). The Kier molecular flexibility index (Phi) is 2.41. The highest BCUT2D eigenvalue weighted by molar-refractivity contribution is 6.31. The van der Waals surface area contributed by atoms with Crippen LogP contribution in [0.15, 0.2) is 6.07 Å². The molecule has 4 nitrogen and oxygen atoms in total. The molecular formula is C12H10ClFO4. The lowest BCUT2D eigenvalue weighted by Gasteiger charge is -2.24. The van der Waals surface area contributed by atoms with E-state index in [1.54, 1.807) is 0 Å². The molecule has 1 N–H and O–H groups in total. The van der Waals surface area contributed by atoms with Gasteiger partial charge < -0.3 is 14.6 Å². The summed E-state index contributed by atoms with van der Waals surface area (Å²) in [6.07, 6.45) is 0.769. The van der Waals surface area contributed by atoms with E-state index >= 15 is 0 Å². The van der Waals surface area contributed by atoms with E-state index in [1.165, 1.54) is 6.07 Å². The summed E-state index contributed by atoms with van der Waals surface area (Å²) in [4.78, 5) is 11.3. The van der Waals surface area contributed by atoms with Gasteiger partial charge in [-0.2, -0.15) is 0 Å². The molecule has 1 aromatic rings. The summed E-state index contributed by atoms with van der Waals surface area (Å²) >= 11 is 5.79. The molecule has 0 saturated heterocycles. The van der Waals surface area contributed by atoms with E-state index in [2.05, 4.69) is 0 Å². The van der Waals surface area contributed by atoms with E-state index in [9.17, 15) is 14.3 Å². The van der Waals surface area contributed by atoms with Crippen LogP contribution in [0.4, 0.5) is 4.39 Å². The lowest BCUT2D eigenvalue weighted by molar-refractivity contribution is -0.140. The molecule has 1 aliphatic carbocycles. The van der Waals surface area contributed by atoms with Gasteiger partial charge in [0, 0.05) is 6.07 Å². The van der Waals surface area contributed by atoms with Crippen LogP contribution in [0.5, 0.6) is 11.5 Å². The Morgan fingerprint density at radius 2 is 2.06 bits per heavy atom. The van der Waals surface area contributed by atoms with Crippen LogP contribution in [0, 0.1) is 5.82 Å². The second-order valence-corrected chi connectivity index (χ2v) is 4.87. The third-order valence-electron chi connectivity index (χ3n) is 3.36. The molecule has 3 rings (SSSR count). The van der Waals surface area contributed by atoms with Gasteiger partial charge in [0.25, 0.3) is 0 Å². The summed E-state index contributed by atoms with van der Waals surface area (Å²) in [7, 11) is 0. The van der Waals surface area contributed by atoms with Crippen molar-refractivity contribution in [2.45, 2.75) is 18.3 Å². The quantitative estimate of drug-likeness (QED) is 0.898. The molecule has 18 heavy (non-hydrogen) atoms. The molecular weight excluding hydrogens is 263 g/mol. The molecule has 2 aliphatic rings. The van der Waals surface area contributed by atoms with Crippen LogP contribution in [0.2, 0.25) is 5.02 Å². The first-order valence-corrected chi connectivity index (χ1v) is 5.95. The van der Waals surface area contributed by atoms with Gasteiger partial charge in [0.05, 0.1) is 16.0 Å². The molecule has 1 heterocycles. The molecule has 96 valence electrons. The van der Waals surface area contributed by atoms with Crippen molar-refractivity contribution in [3.8, 4) is 11.5 Å². The molecule has 0 radical (unpaired) electrons. The Morgan fingerprint density at radius 3 is 2.67 bits per heavy atom. The van der Waals surface area contributed by atoms with Crippen molar-refractivity contribution < 1.29 is 23.8 Å². The minimum absolute atomic E-state index is 0.0252. The van der Waals surface area contributed by atoms with Crippen LogP contribution in [0.3, 0.4) is 0 Å². The van der Waals surface area contributed by atoms with Gasteiger partial charge in [0.1, 0.15) is 19.0 Å². The van der Waals surface area contributed by atoms with Crippen LogP contribution in [0.25, 0.3) is 0 Å². The highest BCUT2D eigenvalue weighted by Gasteiger charge is 2.56. The molecule has 0 atom stereocenters. The molecule has 0 amide bonds. The largest absolute Gasteiger partial charge is 0.486 e. The van der Waals surface area contributed by atoms with Crippen molar-refractivity contribution in [3.63, 3.8) is 0 Å². The zero-order chi connectivity index (χ0) is 12.9. The molecule has 1 aromatic carbocycles. The van der Waals surface area contributed by atoms with Crippen LogP contribution in [-0.4, -0.2) is 24.3 Å². The van der Waals surface area contributed by atoms with Gasteiger partial charge in [-0.05, 0) is 12.8 Å². The summed E-state index contributed by atoms with van der Waals surface area (Å²) in [6.45, 7) is 0.616. The predicted molar refractivity (Wildman–Crippen MR) is 60.9 cm³/mol. The number of hydrogen-bond acceptors (Lipinski definition) is 3. The minimum Gasteiger partial charge on any atom is -0.486 e. The minimum atomic E-state index is -1.21. The Hall–Kier alpha value is -1.49. The summed E-state index contributed by atoms with van der Waals surface area (Å²) in [6, 6.07) is 1.33. The molecule has 1 fully saturated rings. The molecule has 1 saturated carbocycles. The SMILES string of the molecule is O=C(O)C1(c2c(F)c(Cl)cc3c2OCCO3)CC1. The predicted octanol–water partition coefficient (Wildman–Crippen LogP) is 2.37. The third kappa shape index (κ3) is 1.47. The molecule has 1 aliphatic heterocycles. The fraction of sp³-hybridized carbons (Fsp3) is 0.417. The van der Waals surface area contributed by atoms with E-state index < -0.39 is 17.2 Å². The average Bonchev–Trinajstić information content (AvgIpc) is 3.12. The first-order valence-electron chi connectivity index (χ1n) is 5.58. The lowest BCUT2D eigenvalue weighted by Crippen LogP contribution is -2.25. The Balaban J connectivity index is 2.24. The monoisotopic (exact) mass is 272 g/mol. The van der Waals surface area contributed by atoms with Crippen molar-refractivity contribution in [1.82, 2.24) is 0 Å². The van der Waals surface area contributed by atoms with E-state index in [4.69, 9.17) is 21.1 Å². The summed E-state index contributed by atoms with van der Waals surface area (Å²) in [5.41, 5.74) is -1.18. The fourth-order valence-corrected chi connectivity index (χ4v) is 2.45. The molecule has 0 aromatic heterocycles. The van der Waals surface area contributed by atoms with Crippen LogP contribution in [-0.2, 0) is 10.2 Å². The summed E-state index contributed by atoms with van der Waals surface area (Å²) in [5, 5.41) is 9.13. The molecule has 0 bridgehead atoms. The number of fused-ring (bicyclic) bond motifs is 1. The smallest absolute Gasteiger partial charge is 0.314 e. The number of halogens is 2. The van der Waals surface area contributed by atoms with Crippen molar-refractivity contribution in [3.05, 3.63) is 22.5 Å². The van der Waals surface area contributed by atoms with Crippen LogP contribution in [0.1, 0.15) is 18.4 Å². The zero-order valence-corrected chi connectivity index (χ0v) is 10.1. The second-order valence-electron chi connectivity index (χ2n) is 4.46. The maximum absolute atomic E-state index is 14.2. The van der Waals surface area contributed by atoms with Gasteiger partial charge in [0.2, 0.25) is 0 Å². The fourth-order valence-electron chi connectivity index (χ4n) is 2.26. The highest BCUT2D eigenvalue weighted by atomic mass is 35.5. The van der Waals surface area contributed by atoms with E-state index in [0.717, 1.165) is 0 Å². The maximum Gasteiger partial charge on any atom is 0.314 e. The van der Waals surface area contributed by atoms with Gasteiger partial charge in [0.15, 0.2) is 11.5 Å². The van der Waals surface area contributed by atoms with Crippen molar-refractivity contribution in [2.24, 2.45) is 0 Å². The van der Waals surface area contributed by atoms with E-state index in [1.807, 2.05) is 0 Å². The Labute approximate surface area is 107 Å². The van der Waals surface area contributed by atoms with E-state index in [-0.39, 0.29) is 22.9 Å². The molecule has 0 spiro atoms. The second kappa shape index (κ2) is 3.75. The number of aliphatic carboxylic acids is 1. The zero-order valence-electron chi connectivity index (χ0n) is 9.33. The maximum atomic E-state index is 14.2. The highest BCUT2D eigenvalue weighted by Crippen LogP contribution is 2.56. The Bertz CT molecular complexity index is 539. The number of hydrogen-bond donors (Lipinski definition) is 1. The van der Waals surface area contributed by atoms with Crippen molar-refractivity contribution in [1.29, 1.82) is 0 Å². The number of benzene rings is 1. The summed E-state index contributed by atoms with van der Waals surface area (Å²) in [5.74, 6) is -1.28. The van der Waals surface area contributed by atoms with Gasteiger partial charge in [-0.3, -0.25) is 4.79 Å². The first kappa shape index (κ1) is 11.6. The van der Waals surface area contributed by atoms with Gasteiger partial charge in [-0.1, -0.05) is 11.6 Å². The number of carboxylic acid groups (broad SMARTS) is 1. The number of carboxylic acids is 1. The van der Waals surface area contributed by atoms with Crippen molar-refractivity contribution >= 4 is 17.6 Å². The van der Waals surface area contributed by atoms with Gasteiger partial charge in [-0.25, -0.2) is 4.39 Å². The first-order chi connectivity index (χ1) is 8.56. The average molecular weight is 273 g/mol.